The van der Waals surface area contributed by atoms with Crippen LogP contribution in [0.4, 0.5) is 5.95 Å². The van der Waals surface area contributed by atoms with E-state index in [-0.39, 0.29) is 17.6 Å². The molecule has 0 saturated heterocycles. The SMILES string of the molecule is CS(=O)(=O)C(c1ccccc1)S(=O)(=O)c1nc(NC2CC2)n2ncc(CCCCC#N)c2n1. The van der Waals surface area contributed by atoms with Crippen LogP contribution in [0.5, 0.6) is 0 Å². The molecular weight excluding hydrogens is 464 g/mol. The minimum absolute atomic E-state index is 0.130. The van der Waals surface area contributed by atoms with Gasteiger partial charge in [-0.15, -0.1) is 0 Å². The van der Waals surface area contributed by atoms with Crippen LogP contribution in [0.1, 0.15) is 47.8 Å². The van der Waals surface area contributed by atoms with Gasteiger partial charge in [0.05, 0.1) is 12.3 Å². The average Bonchev–Trinajstić information content (AvgIpc) is 3.48. The van der Waals surface area contributed by atoms with E-state index in [1.165, 1.54) is 16.6 Å². The molecule has 0 aliphatic heterocycles. The van der Waals surface area contributed by atoms with Crippen molar-refractivity contribution in [1.82, 2.24) is 19.6 Å². The molecule has 1 saturated carbocycles. The van der Waals surface area contributed by atoms with Gasteiger partial charge in [0, 0.05) is 24.3 Å². The first-order chi connectivity index (χ1) is 15.7. The molecule has 1 N–H and O–H groups in total. The molecule has 174 valence electrons. The van der Waals surface area contributed by atoms with E-state index in [0.29, 0.717) is 36.9 Å². The van der Waals surface area contributed by atoms with Crippen molar-refractivity contribution in [3.8, 4) is 6.07 Å². The fourth-order valence-corrected chi connectivity index (χ4v) is 7.48. The van der Waals surface area contributed by atoms with Gasteiger partial charge in [-0.25, -0.2) is 16.8 Å². The van der Waals surface area contributed by atoms with E-state index >= 15 is 0 Å². The standard InChI is InChI=1S/C21H24N6O4S2/c1-32(28,29)19(15-8-4-2-5-9-15)33(30,31)21-25-18-16(10-6-3-7-13-22)14-23-27(18)20(26-21)24-17-11-12-17/h2,4-5,8-9,14,17,19H,3,6-7,10-12H2,1H3,(H,24,25,26). The lowest BCUT2D eigenvalue weighted by molar-refractivity contribution is 0.572. The van der Waals surface area contributed by atoms with Gasteiger partial charge in [-0.3, -0.25) is 0 Å². The maximum Gasteiger partial charge on any atom is 0.254 e. The summed E-state index contributed by atoms with van der Waals surface area (Å²) in [6.07, 6.45) is 6.73. The molecule has 1 fully saturated rings. The van der Waals surface area contributed by atoms with Gasteiger partial charge in [-0.1, -0.05) is 30.3 Å². The van der Waals surface area contributed by atoms with E-state index in [9.17, 15) is 16.8 Å². The first-order valence-electron chi connectivity index (χ1n) is 10.6. The fourth-order valence-electron chi connectivity index (χ4n) is 3.59. The summed E-state index contributed by atoms with van der Waals surface area (Å²) in [5.41, 5.74) is 1.15. The lowest BCUT2D eigenvalue weighted by Crippen LogP contribution is -2.25. The smallest absolute Gasteiger partial charge is 0.254 e. The summed E-state index contributed by atoms with van der Waals surface area (Å²) in [4.78, 5) is 8.50. The number of aryl methyl sites for hydroxylation is 1. The first-order valence-corrected chi connectivity index (χ1v) is 14.1. The van der Waals surface area contributed by atoms with Crippen molar-refractivity contribution in [1.29, 1.82) is 5.26 Å². The lowest BCUT2D eigenvalue weighted by atomic mass is 10.1. The molecule has 3 aromatic rings. The molecule has 12 heteroatoms. The molecule has 1 atom stereocenters. The van der Waals surface area contributed by atoms with Crippen LogP contribution in [0.25, 0.3) is 5.65 Å². The molecule has 0 radical (unpaired) electrons. The van der Waals surface area contributed by atoms with E-state index in [2.05, 4.69) is 26.5 Å². The number of hydrogen-bond acceptors (Lipinski definition) is 9. The molecule has 2 heterocycles. The number of fused-ring (bicyclic) bond motifs is 1. The quantitative estimate of drug-likeness (QED) is 0.425. The summed E-state index contributed by atoms with van der Waals surface area (Å²) in [5.74, 6) is 0.213. The maximum absolute atomic E-state index is 13.6. The molecule has 0 amide bonds. The highest BCUT2D eigenvalue weighted by molar-refractivity contribution is 8.08. The number of unbranched alkanes of at least 4 members (excludes halogenated alkanes) is 2. The van der Waals surface area contributed by atoms with Gasteiger partial charge in [-0.2, -0.15) is 24.8 Å². The topological polar surface area (TPSA) is 147 Å². The Bertz CT molecular complexity index is 1410. The molecule has 33 heavy (non-hydrogen) atoms. The van der Waals surface area contributed by atoms with Crippen molar-refractivity contribution in [3.05, 3.63) is 47.7 Å². The number of anilines is 1. The van der Waals surface area contributed by atoms with Gasteiger partial charge >= 0.3 is 0 Å². The Morgan fingerprint density at radius 2 is 1.88 bits per heavy atom. The van der Waals surface area contributed by atoms with E-state index in [1.807, 2.05) is 0 Å². The number of hydrogen-bond donors (Lipinski definition) is 1. The van der Waals surface area contributed by atoms with Crippen LogP contribution in [0.3, 0.4) is 0 Å². The minimum atomic E-state index is -4.50. The third-order valence-corrected chi connectivity index (χ3v) is 9.70. The second-order valence-electron chi connectivity index (χ2n) is 8.14. The number of nitrogens with one attached hydrogen (secondary N) is 1. The average molecular weight is 489 g/mol. The molecule has 1 aliphatic rings. The first kappa shape index (κ1) is 23.1. The van der Waals surface area contributed by atoms with Crippen molar-refractivity contribution in [3.63, 3.8) is 0 Å². The van der Waals surface area contributed by atoms with Crippen LogP contribution in [0.15, 0.2) is 41.7 Å². The van der Waals surface area contributed by atoms with Gasteiger partial charge in [0.2, 0.25) is 15.8 Å². The molecular formula is C21H24N6O4S2. The number of sulfone groups is 2. The number of aromatic nitrogens is 4. The summed E-state index contributed by atoms with van der Waals surface area (Å²) in [5, 5.41) is 15.7. The third-order valence-electron chi connectivity index (χ3n) is 5.31. The second-order valence-corrected chi connectivity index (χ2v) is 12.5. The van der Waals surface area contributed by atoms with Crippen LogP contribution in [-0.2, 0) is 26.1 Å². The number of benzene rings is 1. The summed E-state index contributed by atoms with van der Waals surface area (Å²) < 4.78 is 52.1. The predicted molar refractivity (Wildman–Crippen MR) is 122 cm³/mol. The zero-order valence-electron chi connectivity index (χ0n) is 18.0. The molecule has 0 spiro atoms. The number of rotatable bonds is 10. The van der Waals surface area contributed by atoms with Gasteiger partial charge in [0.1, 0.15) is 0 Å². The highest BCUT2D eigenvalue weighted by atomic mass is 32.3. The van der Waals surface area contributed by atoms with Crippen LogP contribution in [0.2, 0.25) is 0 Å². The van der Waals surface area contributed by atoms with E-state index in [0.717, 1.165) is 19.1 Å². The molecule has 1 aliphatic carbocycles. The monoisotopic (exact) mass is 488 g/mol. The van der Waals surface area contributed by atoms with Crippen LogP contribution in [0, 0.1) is 11.3 Å². The lowest BCUT2D eigenvalue weighted by Gasteiger charge is -2.16. The van der Waals surface area contributed by atoms with Crippen LogP contribution >= 0.6 is 0 Å². The molecule has 10 nitrogen and oxygen atoms in total. The fraction of sp³-hybridized carbons (Fsp3) is 0.429. The Hall–Kier alpha value is -3.04. The van der Waals surface area contributed by atoms with Gasteiger partial charge < -0.3 is 5.32 Å². The zero-order chi connectivity index (χ0) is 23.6. The van der Waals surface area contributed by atoms with E-state index in [1.54, 1.807) is 24.4 Å². The van der Waals surface area contributed by atoms with Gasteiger partial charge in [0.25, 0.3) is 5.16 Å². The largest absolute Gasteiger partial charge is 0.351 e. The maximum atomic E-state index is 13.6. The van der Waals surface area contributed by atoms with Crippen LogP contribution in [-0.4, -0.2) is 48.7 Å². The second kappa shape index (κ2) is 9.07. The summed E-state index contributed by atoms with van der Waals surface area (Å²) >= 11 is 0. The number of nitriles is 1. The van der Waals surface area contributed by atoms with Crippen molar-refractivity contribution in [2.45, 2.75) is 54.3 Å². The Morgan fingerprint density at radius 3 is 2.52 bits per heavy atom. The van der Waals surface area contributed by atoms with Crippen molar-refractivity contribution in [2.75, 3.05) is 11.6 Å². The highest BCUT2D eigenvalue weighted by Gasteiger charge is 2.40. The van der Waals surface area contributed by atoms with Crippen molar-refractivity contribution >= 4 is 31.3 Å². The van der Waals surface area contributed by atoms with E-state index < -0.39 is 29.4 Å². The Kier molecular flexibility index (Phi) is 6.36. The zero-order valence-corrected chi connectivity index (χ0v) is 19.7. The van der Waals surface area contributed by atoms with Crippen molar-refractivity contribution < 1.29 is 16.8 Å². The summed E-state index contributed by atoms with van der Waals surface area (Å²) in [6, 6.07) is 10.0. The Morgan fingerprint density at radius 1 is 1.15 bits per heavy atom. The third kappa shape index (κ3) is 4.99. The molecule has 1 aromatic carbocycles. The summed E-state index contributed by atoms with van der Waals surface area (Å²) in [7, 11) is -8.56. The predicted octanol–water partition coefficient (Wildman–Crippen LogP) is 2.45. The molecule has 4 rings (SSSR count). The molecule has 0 bridgehead atoms. The molecule has 2 aromatic heterocycles. The molecule has 1 unspecified atom stereocenters. The van der Waals surface area contributed by atoms with Gasteiger partial charge in [0.15, 0.2) is 20.1 Å². The Balaban J connectivity index is 1.83. The minimum Gasteiger partial charge on any atom is -0.351 e. The number of nitrogens with zero attached hydrogens (tertiary/aromatic N) is 5. The Labute approximate surface area is 192 Å². The van der Waals surface area contributed by atoms with Crippen molar-refractivity contribution in [2.24, 2.45) is 0 Å². The highest BCUT2D eigenvalue weighted by Crippen LogP contribution is 2.33. The van der Waals surface area contributed by atoms with Crippen LogP contribution < -0.4 is 5.32 Å². The van der Waals surface area contributed by atoms with Gasteiger partial charge in [-0.05, 0) is 37.7 Å². The normalized spacial score (nSPS) is 15.3. The van der Waals surface area contributed by atoms with E-state index in [4.69, 9.17) is 5.26 Å². The summed E-state index contributed by atoms with van der Waals surface area (Å²) in [6.45, 7) is 0.